The first-order valence-electron chi connectivity index (χ1n) is 6.02. The first-order valence-corrected chi connectivity index (χ1v) is 6.02. The summed E-state index contributed by atoms with van der Waals surface area (Å²) in [6, 6.07) is 20.6. The highest BCUT2D eigenvalue weighted by molar-refractivity contribution is 5.62. The van der Waals surface area contributed by atoms with Crippen LogP contribution in [0.1, 0.15) is 5.56 Å². The summed E-state index contributed by atoms with van der Waals surface area (Å²) in [5.74, 6) is 0. The fourth-order valence-electron chi connectivity index (χ4n) is 2.12. The first-order chi connectivity index (χ1) is 8.86. The van der Waals surface area contributed by atoms with Gasteiger partial charge in [-0.3, -0.25) is 0 Å². The molecule has 0 aliphatic carbocycles. The molecule has 0 fully saturated rings. The van der Waals surface area contributed by atoms with E-state index >= 15 is 0 Å². The number of hydrogen-bond acceptors (Lipinski definition) is 1. The molecule has 0 saturated carbocycles. The maximum atomic E-state index is 4.44. The van der Waals surface area contributed by atoms with Gasteiger partial charge in [-0.2, -0.15) is 5.10 Å². The number of hydrogen-bond donors (Lipinski definition) is 0. The number of para-hydroxylation sites is 1. The van der Waals surface area contributed by atoms with Crippen molar-refractivity contribution in [3.05, 3.63) is 72.4 Å². The van der Waals surface area contributed by atoms with Gasteiger partial charge < -0.3 is 0 Å². The van der Waals surface area contributed by atoms with Crippen molar-refractivity contribution in [3.8, 4) is 16.9 Å². The minimum Gasteiger partial charge on any atom is -0.233 e. The molecular weight excluding hydrogens is 220 g/mol. The van der Waals surface area contributed by atoms with Gasteiger partial charge in [-0.25, -0.2) is 4.68 Å². The maximum absolute atomic E-state index is 4.44. The molecule has 2 nitrogen and oxygen atoms in total. The average molecular weight is 234 g/mol. The average Bonchev–Trinajstić information content (AvgIpc) is 2.89. The summed E-state index contributed by atoms with van der Waals surface area (Å²) < 4.78 is 1.99. The molecule has 0 unspecified atom stereocenters. The van der Waals surface area contributed by atoms with Crippen molar-refractivity contribution in [1.29, 1.82) is 0 Å². The van der Waals surface area contributed by atoms with Gasteiger partial charge in [0.1, 0.15) is 0 Å². The van der Waals surface area contributed by atoms with E-state index in [0.29, 0.717) is 0 Å². The molecule has 1 aromatic heterocycles. The van der Waals surface area contributed by atoms with Crippen molar-refractivity contribution < 1.29 is 0 Å². The molecule has 18 heavy (non-hydrogen) atoms. The Hall–Kier alpha value is -2.35. The van der Waals surface area contributed by atoms with E-state index in [9.17, 15) is 0 Å². The van der Waals surface area contributed by atoms with Crippen LogP contribution >= 0.6 is 0 Å². The standard InChI is InChI=1S/C16H14N2/c1-13-7-5-6-10-15(13)18-16(11-12-17-18)14-8-3-2-4-9-14/h2-12H,1H3. The molecule has 0 N–H and O–H groups in total. The van der Waals surface area contributed by atoms with Gasteiger partial charge in [0, 0.05) is 5.56 Å². The number of benzene rings is 2. The molecular formula is C16H14N2. The van der Waals surface area contributed by atoms with Gasteiger partial charge in [-0.15, -0.1) is 0 Å². The summed E-state index contributed by atoms with van der Waals surface area (Å²) >= 11 is 0. The fourth-order valence-corrected chi connectivity index (χ4v) is 2.12. The minimum atomic E-state index is 1.12. The molecule has 1 heterocycles. The summed E-state index contributed by atoms with van der Waals surface area (Å²) in [6.07, 6.45) is 1.84. The van der Waals surface area contributed by atoms with Gasteiger partial charge in [0.2, 0.25) is 0 Å². The van der Waals surface area contributed by atoms with Crippen LogP contribution in [0.15, 0.2) is 66.9 Å². The Bertz CT molecular complexity index is 654. The lowest BCUT2D eigenvalue weighted by molar-refractivity contribution is 0.880. The number of aromatic nitrogens is 2. The molecule has 0 atom stereocenters. The van der Waals surface area contributed by atoms with Gasteiger partial charge >= 0.3 is 0 Å². The minimum absolute atomic E-state index is 1.12. The SMILES string of the molecule is Cc1ccccc1-n1nccc1-c1ccccc1. The van der Waals surface area contributed by atoms with E-state index in [1.807, 2.05) is 47.3 Å². The summed E-state index contributed by atoms with van der Waals surface area (Å²) in [5, 5.41) is 4.44. The first kappa shape index (κ1) is 10.8. The number of nitrogens with zero attached hydrogens (tertiary/aromatic N) is 2. The third kappa shape index (κ3) is 1.82. The Morgan fingerprint density at radius 1 is 0.833 bits per heavy atom. The predicted octanol–water partition coefficient (Wildman–Crippen LogP) is 3.85. The van der Waals surface area contributed by atoms with E-state index in [2.05, 4.69) is 36.3 Å². The zero-order valence-corrected chi connectivity index (χ0v) is 10.2. The van der Waals surface area contributed by atoms with Crippen LogP contribution in [-0.2, 0) is 0 Å². The zero-order chi connectivity index (χ0) is 12.4. The molecule has 2 heteroatoms. The lowest BCUT2D eigenvalue weighted by Crippen LogP contribution is -2.00. The second-order valence-electron chi connectivity index (χ2n) is 4.28. The molecule has 0 saturated heterocycles. The fraction of sp³-hybridized carbons (Fsp3) is 0.0625. The van der Waals surface area contributed by atoms with Crippen LogP contribution in [0.4, 0.5) is 0 Å². The highest BCUT2D eigenvalue weighted by Crippen LogP contribution is 2.23. The van der Waals surface area contributed by atoms with Gasteiger partial charge in [-0.05, 0) is 24.6 Å². The number of aryl methyl sites for hydroxylation is 1. The van der Waals surface area contributed by atoms with Gasteiger partial charge in [0.25, 0.3) is 0 Å². The van der Waals surface area contributed by atoms with Crippen LogP contribution in [0.3, 0.4) is 0 Å². The van der Waals surface area contributed by atoms with Crippen LogP contribution in [0.5, 0.6) is 0 Å². The largest absolute Gasteiger partial charge is 0.233 e. The second kappa shape index (κ2) is 4.49. The summed E-state index contributed by atoms with van der Waals surface area (Å²) in [4.78, 5) is 0. The van der Waals surface area contributed by atoms with E-state index in [-0.39, 0.29) is 0 Å². The Morgan fingerprint density at radius 2 is 1.56 bits per heavy atom. The van der Waals surface area contributed by atoms with Gasteiger partial charge in [0.05, 0.1) is 17.6 Å². The van der Waals surface area contributed by atoms with Crippen molar-refractivity contribution in [2.45, 2.75) is 6.92 Å². The van der Waals surface area contributed by atoms with Crippen LogP contribution in [0.25, 0.3) is 16.9 Å². The summed E-state index contributed by atoms with van der Waals surface area (Å²) in [6.45, 7) is 2.10. The maximum Gasteiger partial charge on any atom is 0.0741 e. The van der Waals surface area contributed by atoms with Crippen LogP contribution in [0.2, 0.25) is 0 Å². The zero-order valence-electron chi connectivity index (χ0n) is 10.2. The smallest absolute Gasteiger partial charge is 0.0741 e. The van der Waals surface area contributed by atoms with E-state index in [0.717, 1.165) is 11.4 Å². The Balaban J connectivity index is 2.16. The molecule has 3 aromatic rings. The lowest BCUT2D eigenvalue weighted by Gasteiger charge is -2.10. The van der Waals surface area contributed by atoms with Crippen LogP contribution < -0.4 is 0 Å². The molecule has 88 valence electrons. The van der Waals surface area contributed by atoms with Gasteiger partial charge in [-0.1, -0.05) is 48.5 Å². The van der Waals surface area contributed by atoms with Crippen molar-refractivity contribution in [3.63, 3.8) is 0 Å². The predicted molar refractivity (Wildman–Crippen MR) is 73.7 cm³/mol. The quantitative estimate of drug-likeness (QED) is 0.658. The third-order valence-corrected chi connectivity index (χ3v) is 3.06. The highest BCUT2D eigenvalue weighted by atomic mass is 15.3. The molecule has 0 radical (unpaired) electrons. The molecule has 0 aliphatic heterocycles. The summed E-state index contributed by atoms with van der Waals surface area (Å²) in [7, 11) is 0. The van der Waals surface area contributed by atoms with Gasteiger partial charge in [0.15, 0.2) is 0 Å². The Labute approximate surface area is 107 Å². The van der Waals surface area contributed by atoms with Crippen LogP contribution in [-0.4, -0.2) is 9.78 Å². The monoisotopic (exact) mass is 234 g/mol. The molecule has 0 spiro atoms. The van der Waals surface area contributed by atoms with E-state index in [1.54, 1.807) is 0 Å². The molecule has 0 aliphatic rings. The van der Waals surface area contributed by atoms with E-state index < -0.39 is 0 Å². The Kier molecular flexibility index (Phi) is 2.69. The Morgan fingerprint density at radius 3 is 2.33 bits per heavy atom. The molecule has 0 bridgehead atoms. The normalized spacial score (nSPS) is 10.5. The molecule has 0 amide bonds. The van der Waals surface area contributed by atoms with Crippen molar-refractivity contribution in [1.82, 2.24) is 9.78 Å². The second-order valence-corrected chi connectivity index (χ2v) is 4.28. The molecule has 3 rings (SSSR count). The molecule has 2 aromatic carbocycles. The van der Waals surface area contributed by atoms with Crippen molar-refractivity contribution in [2.75, 3.05) is 0 Å². The number of rotatable bonds is 2. The van der Waals surface area contributed by atoms with E-state index in [4.69, 9.17) is 0 Å². The highest BCUT2D eigenvalue weighted by Gasteiger charge is 2.08. The topological polar surface area (TPSA) is 17.8 Å². The van der Waals surface area contributed by atoms with E-state index in [1.165, 1.54) is 11.1 Å². The third-order valence-electron chi connectivity index (χ3n) is 3.06. The summed E-state index contributed by atoms with van der Waals surface area (Å²) in [5.41, 5.74) is 4.64. The van der Waals surface area contributed by atoms with Crippen molar-refractivity contribution in [2.24, 2.45) is 0 Å². The van der Waals surface area contributed by atoms with Crippen molar-refractivity contribution >= 4 is 0 Å². The van der Waals surface area contributed by atoms with Crippen LogP contribution in [0, 0.1) is 6.92 Å². The lowest BCUT2D eigenvalue weighted by atomic mass is 10.1.